The van der Waals surface area contributed by atoms with Crippen molar-refractivity contribution in [3.8, 4) is 0 Å². The highest BCUT2D eigenvalue weighted by atomic mass is 16.5. The lowest BCUT2D eigenvalue weighted by atomic mass is 9.71. The van der Waals surface area contributed by atoms with Gasteiger partial charge in [0.15, 0.2) is 5.78 Å². The summed E-state index contributed by atoms with van der Waals surface area (Å²) < 4.78 is 4.94. The first kappa shape index (κ1) is 20.3. The Labute approximate surface area is 167 Å². The van der Waals surface area contributed by atoms with E-state index in [2.05, 4.69) is 24.0 Å². The van der Waals surface area contributed by atoms with Crippen LogP contribution in [0.4, 0.5) is 0 Å². The van der Waals surface area contributed by atoms with E-state index in [0.29, 0.717) is 0 Å². The number of ether oxygens (including phenoxy) is 1. The average Bonchev–Trinajstić information content (AvgIpc) is 2.74. The quantitative estimate of drug-likeness (QED) is 0.534. The lowest BCUT2D eigenvalue weighted by molar-refractivity contribution is -0.142. The van der Waals surface area contributed by atoms with Gasteiger partial charge < -0.3 is 4.74 Å². The highest BCUT2D eigenvalue weighted by Gasteiger charge is 2.41. The lowest BCUT2D eigenvalue weighted by Crippen LogP contribution is -2.49. The molecule has 3 unspecified atom stereocenters. The molecular weight excluding hydrogens is 350 g/mol. The molecule has 4 heteroatoms. The smallest absolute Gasteiger partial charge is 0.305 e. The van der Waals surface area contributed by atoms with Gasteiger partial charge in [-0.2, -0.15) is 0 Å². The second-order valence-corrected chi connectivity index (χ2v) is 7.64. The predicted octanol–water partition coefficient (Wildman–Crippen LogP) is 4.21. The molecule has 0 saturated carbocycles. The number of Topliss-reactive ketones (excluding diaryl/α,β-unsaturated/α-hetero) is 1. The molecule has 0 aliphatic carbocycles. The average molecular weight is 380 g/mol. The Hall–Kier alpha value is -2.46. The Morgan fingerprint density at radius 2 is 1.57 bits per heavy atom. The van der Waals surface area contributed by atoms with Crippen molar-refractivity contribution in [3.05, 3.63) is 71.8 Å². The van der Waals surface area contributed by atoms with E-state index < -0.39 is 0 Å². The van der Waals surface area contributed by atoms with E-state index in [1.807, 2.05) is 48.5 Å². The third kappa shape index (κ3) is 4.87. The zero-order chi connectivity index (χ0) is 19.9. The molecule has 1 saturated heterocycles. The van der Waals surface area contributed by atoms with Gasteiger partial charge in [-0.1, -0.05) is 74.0 Å². The van der Waals surface area contributed by atoms with Crippen LogP contribution in [0, 0.1) is 17.8 Å². The standard InChI is InChI=1S/C24H29NO3/c1-3-19-16-25(15-18-10-6-4-7-11-18)17-21(14-22(26)28-2)23(19)24(27)20-12-8-5-9-13-20/h4-13,19,21,23H,3,14-17H2,1-2H3. The predicted molar refractivity (Wildman–Crippen MR) is 110 cm³/mol. The summed E-state index contributed by atoms with van der Waals surface area (Å²) in [7, 11) is 1.41. The van der Waals surface area contributed by atoms with Crippen LogP contribution in [0.1, 0.15) is 35.7 Å². The number of likely N-dealkylation sites (tertiary alicyclic amines) is 1. The van der Waals surface area contributed by atoms with Gasteiger partial charge in [0, 0.05) is 31.1 Å². The van der Waals surface area contributed by atoms with E-state index in [-0.39, 0.29) is 35.9 Å². The molecule has 2 aromatic carbocycles. The molecule has 2 aromatic rings. The minimum Gasteiger partial charge on any atom is -0.469 e. The van der Waals surface area contributed by atoms with E-state index in [1.54, 1.807) is 0 Å². The molecule has 0 bridgehead atoms. The van der Waals surface area contributed by atoms with Crippen molar-refractivity contribution in [2.45, 2.75) is 26.3 Å². The fourth-order valence-electron chi connectivity index (χ4n) is 4.42. The Kier molecular flexibility index (Phi) is 6.99. The van der Waals surface area contributed by atoms with E-state index in [4.69, 9.17) is 4.74 Å². The number of hydrogen-bond acceptors (Lipinski definition) is 4. The van der Waals surface area contributed by atoms with Crippen LogP contribution < -0.4 is 0 Å². The first-order chi connectivity index (χ1) is 13.6. The summed E-state index contributed by atoms with van der Waals surface area (Å²) >= 11 is 0. The van der Waals surface area contributed by atoms with Gasteiger partial charge in [-0.05, 0) is 17.4 Å². The van der Waals surface area contributed by atoms with Gasteiger partial charge in [-0.25, -0.2) is 0 Å². The monoisotopic (exact) mass is 379 g/mol. The second-order valence-electron chi connectivity index (χ2n) is 7.64. The lowest BCUT2D eigenvalue weighted by Gasteiger charge is -2.43. The van der Waals surface area contributed by atoms with Crippen LogP contribution in [0.15, 0.2) is 60.7 Å². The fraction of sp³-hybridized carbons (Fsp3) is 0.417. The van der Waals surface area contributed by atoms with E-state index in [1.165, 1.54) is 12.7 Å². The van der Waals surface area contributed by atoms with Gasteiger partial charge in [-0.15, -0.1) is 0 Å². The number of nitrogens with zero attached hydrogens (tertiary/aromatic N) is 1. The van der Waals surface area contributed by atoms with Crippen molar-refractivity contribution in [1.82, 2.24) is 4.90 Å². The first-order valence-electron chi connectivity index (χ1n) is 10.0. The Balaban J connectivity index is 1.84. The summed E-state index contributed by atoms with van der Waals surface area (Å²) in [5.41, 5.74) is 1.99. The van der Waals surface area contributed by atoms with Crippen LogP contribution >= 0.6 is 0 Å². The number of piperidine rings is 1. The van der Waals surface area contributed by atoms with E-state index in [9.17, 15) is 9.59 Å². The molecule has 0 radical (unpaired) electrons. The molecule has 1 aliphatic heterocycles. The Bertz CT molecular complexity index is 775. The molecule has 28 heavy (non-hydrogen) atoms. The number of hydrogen-bond donors (Lipinski definition) is 0. The minimum atomic E-state index is -0.243. The zero-order valence-corrected chi connectivity index (χ0v) is 16.7. The van der Waals surface area contributed by atoms with Gasteiger partial charge in [0.2, 0.25) is 0 Å². The van der Waals surface area contributed by atoms with Crippen LogP contribution in [-0.2, 0) is 16.1 Å². The Morgan fingerprint density at radius 3 is 2.18 bits per heavy atom. The van der Waals surface area contributed by atoms with Crippen LogP contribution in [0.3, 0.4) is 0 Å². The first-order valence-corrected chi connectivity index (χ1v) is 10.0. The van der Waals surface area contributed by atoms with Gasteiger partial charge in [0.25, 0.3) is 0 Å². The second kappa shape index (κ2) is 9.65. The number of rotatable bonds is 7. The largest absolute Gasteiger partial charge is 0.469 e. The fourth-order valence-corrected chi connectivity index (χ4v) is 4.42. The summed E-state index contributed by atoms with van der Waals surface area (Å²) in [6.45, 7) is 4.56. The number of esters is 1. The van der Waals surface area contributed by atoms with E-state index in [0.717, 1.165) is 31.6 Å². The van der Waals surface area contributed by atoms with Crippen molar-refractivity contribution in [2.24, 2.45) is 17.8 Å². The number of benzene rings is 2. The topological polar surface area (TPSA) is 46.6 Å². The molecule has 3 atom stereocenters. The van der Waals surface area contributed by atoms with Crippen molar-refractivity contribution < 1.29 is 14.3 Å². The minimum absolute atomic E-state index is 0.0393. The number of carbonyl (C=O) groups excluding carboxylic acids is 2. The molecule has 1 fully saturated rings. The van der Waals surface area contributed by atoms with Crippen molar-refractivity contribution >= 4 is 11.8 Å². The van der Waals surface area contributed by atoms with Crippen LogP contribution in [0.25, 0.3) is 0 Å². The van der Waals surface area contributed by atoms with Crippen LogP contribution in [0.2, 0.25) is 0 Å². The number of carbonyl (C=O) groups is 2. The molecule has 0 amide bonds. The normalized spacial score (nSPS) is 22.6. The van der Waals surface area contributed by atoms with Crippen molar-refractivity contribution in [2.75, 3.05) is 20.2 Å². The summed E-state index contributed by atoms with van der Waals surface area (Å²) in [5, 5.41) is 0. The van der Waals surface area contributed by atoms with Crippen LogP contribution in [-0.4, -0.2) is 36.9 Å². The van der Waals surface area contributed by atoms with Gasteiger partial charge >= 0.3 is 5.97 Å². The molecule has 4 nitrogen and oxygen atoms in total. The zero-order valence-electron chi connectivity index (χ0n) is 16.7. The summed E-state index contributed by atoms with van der Waals surface area (Å²) in [6, 6.07) is 19.8. The highest BCUT2D eigenvalue weighted by molar-refractivity contribution is 5.98. The molecule has 0 N–H and O–H groups in total. The maximum absolute atomic E-state index is 13.3. The molecule has 1 aliphatic rings. The SMILES string of the molecule is CCC1CN(Cc2ccccc2)CC(CC(=O)OC)C1C(=O)c1ccccc1. The molecule has 3 rings (SSSR count). The van der Waals surface area contributed by atoms with Gasteiger partial charge in [0.1, 0.15) is 0 Å². The van der Waals surface area contributed by atoms with Crippen molar-refractivity contribution in [3.63, 3.8) is 0 Å². The molecule has 1 heterocycles. The van der Waals surface area contributed by atoms with Crippen LogP contribution in [0.5, 0.6) is 0 Å². The summed E-state index contributed by atoms with van der Waals surface area (Å²) in [6.07, 6.45) is 1.19. The third-order valence-electron chi connectivity index (χ3n) is 5.79. The molecule has 0 aromatic heterocycles. The molecular formula is C24H29NO3. The summed E-state index contributed by atoms with van der Waals surface area (Å²) in [4.78, 5) is 27.8. The third-order valence-corrected chi connectivity index (χ3v) is 5.79. The maximum Gasteiger partial charge on any atom is 0.305 e. The van der Waals surface area contributed by atoms with Gasteiger partial charge in [0.05, 0.1) is 13.5 Å². The van der Waals surface area contributed by atoms with Gasteiger partial charge in [-0.3, -0.25) is 14.5 Å². The van der Waals surface area contributed by atoms with Crippen molar-refractivity contribution in [1.29, 1.82) is 0 Å². The molecule has 148 valence electrons. The number of methoxy groups -OCH3 is 1. The van der Waals surface area contributed by atoms with E-state index >= 15 is 0 Å². The number of ketones is 1. The highest BCUT2D eigenvalue weighted by Crippen LogP contribution is 2.36. The summed E-state index contributed by atoms with van der Waals surface area (Å²) in [5.74, 6) is -0.0612. The Morgan fingerprint density at radius 1 is 0.964 bits per heavy atom. The molecule has 0 spiro atoms. The maximum atomic E-state index is 13.3.